The summed E-state index contributed by atoms with van der Waals surface area (Å²) in [6.07, 6.45) is 6.80. The van der Waals surface area contributed by atoms with E-state index >= 15 is 0 Å². The van der Waals surface area contributed by atoms with Crippen LogP contribution in [0.4, 0.5) is 0 Å². The van der Waals surface area contributed by atoms with Crippen molar-refractivity contribution in [3.63, 3.8) is 0 Å². The molecule has 1 rings (SSSR count). The average molecular weight is 203 g/mol. The molecule has 0 bridgehead atoms. The lowest BCUT2D eigenvalue weighted by Crippen LogP contribution is -2.04. The number of terminal acetylenes is 1. The highest BCUT2D eigenvalue weighted by Gasteiger charge is 1.99. The van der Waals surface area contributed by atoms with Crippen molar-refractivity contribution < 1.29 is 4.74 Å². The maximum absolute atomic E-state index is 5.74. The van der Waals surface area contributed by atoms with Gasteiger partial charge < -0.3 is 10.5 Å². The summed E-state index contributed by atoms with van der Waals surface area (Å²) >= 11 is 0. The lowest BCUT2D eigenvalue weighted by atomic mass is 10.1. The van der Waals surface area contributed by atoms with Crippen LogP contribution in [0.15, 0.2) is 24.3 Å². The van der Waals surface area contributed by atoms with Gasteiger partial charge in [0.05, 0.1) is 6.61 Å². The first-order chi connectivity index (χ1) is 7.24. The second-order valence-electron chi connectivity index (χ2n) is 3.51. The van der Waals surface area contributed by atoms with Gasteiger partial charge >= 0.3 is 0 Å². The quantitative estimate of drug-likeness (QED) is 0.589. The van der Waals surface area contributed by atoms with Gasteiger partial charge in [0.25, 0.3) is 0 Å². The molecule has 0 saturated carbocycles. The van der Waals surface area contributed by atoms with Crippen LogP contribution in [0, 0.1) is 12.3 Å². The molecular weight excluding hydrogens is 186 g/mol. The van der Waals surface area contributed by atoms with Crippen molar-refractivity contribution in [1.82, 2.24) is 0 Å². The monoisotopic (exact) mass is 203 g/mol. The van der Waals surface area contributed by atoms with Crippen molar-refractivity contribution in [2.45, 2.75) is 25.8 Å². The van der Waals surface area contributed by atoms with Gasteiger partial charge in [0, 0.05) is 12.5 Å². The van der Waals surface area contributed by atoms with Crippen LogP contribution in [0.2, 0.25) is 0 Å². The fraction of sp³-hybridized carbons (Fsp3) is 0.385. The number of unbranched alkanes of at least 4 members (excludes halogenated alkanes) is 1. The molecule has 0 aromatic heterocycles. The summed E-state index contributed by atoms with van der Waals surface area (Å²) in [4.78, 5) is 0. The molecule has 0 aliphatic heterocycles. The predicted octanol–water partition coefficient (Wildman–Crippen LogP) is 2.50. The molecule has 0 radical (unpaired) electrons. The van der Waals surface area contributed by atoms with Crippen molar-refractivity contribution >= 4 is 0 Å². The third-order valence-electron chi connectivity index (χ3n) is 2.14. The van der Waals surface area contributed by atoms with Crippen LogP contribution in [0.5, 0.6) is 5.75 Å². The van der Waals surface area contributed by atoms with E-state index in [9.17, 15) is 0 Å². The van der Waals surface area contributed by atoms with Gasteiger partial charge in [-0.25, -0.2) is 0 Å². The van der Waals surface area contributed by atoms with E-state index in [-0.39, 0.29) is 6.04 Å². The summed E-state index contributed by atoms with van der Waals surface area (Å²) < 4.78 is 5.51. The number of hydrogen-bond donors (Lipinski definition) is 1. The van der Waals surface area contributed by atoms with Gasteiger partial charge in [-0.05, 0) is 31.0 Å². The second-order valence-corrected chi connectivity index (χ2v) is 3.51. The molecule has 0 saturated heterocycles. The summed E-state index contributed by atoms with van der Waals surface area (Å²) in [5, 5.41) is 0. The number of hydrogen-bond acceptors (Lipinski definition) is 2. The SMILES string of the molecule is C#CCCCOc1ccc([C@@H](C)N)cc1. The maximum Gasteiger partial charge on any atom is 0.119 e. The molecule has 0 amide bonds. The van der Waals surface area contributed by atoms with E-state index in [2.05, 4.69) is 5.92 Å². The third kappa shape index (κ3) is 4.05. The standard InChI is InChI=1S/C13H17NO/c1-3-4-5-10-15-13-8-6-12(7-9-13)11(2)14/h1,6-9,11H,4-5,10,14H2,2H3/t11-/m1/s1. The van der Waals surface area contributed by atoms with E-state index in [0.717, 1.165) is 24.2 Å². The second kappa shape index (κ2) is 6.10. The summed E-state index contributed by atoms with van der Waals surface area (Å²) in [5.74, 6) is 3.45. The van der Waals surface area contributed by atoms with Crippen LogP contribution in [-0.2, 0) is 0 Å². The largest absolute Gasteiger partial charge is 0.494 e. The Bertz CT molecular complexity index is 321. The molecule has 0 fully saturated rings. The highest BCUT2D eigenvalue weighted by molar-refractivity contribution is 5.28. The smallest absolute Gasteiger partial charge is 0.119 e. The molecule has 1 aromatic rings. The molecule has 2 N–H and O–H groups in total. The molecule has 0 heterocycles. The zero-order valence-electron chi connectivity index (χ0n) is 9.07. The minimum atomic E-state index is 0.0699. The Labute approximate surface area is 91.4 Å². The Morgan fingerprint density at radius 2 is 2.07 bits per heavy atom. The lowest BCUT2D eigenvalue weighted by molar-refractivity contribution is 0.313. The highest BCUT2D eigenvalue weighted by Crippen LogP contribution is 2.16. The maximum atomic E-state index is 5.74. The molecule has 80 valence electrons. The molecule has 0 spiro atoms. The summed E-state index contributed by atoms with van der Waals surface area (Å²) in [6, 6.07) is 7.92. The normalized spacial score (nSPS) is 11.8. The van der Waals surface area contributed by atoms with Gasteiger partial charge in [-0.3, -0.25) is 0 Å². The minimum Gasteiger partial charge on any atom is -0.494 e. The zero-order chi connectivity index (χ0) is 11.1. The number of benzene rings is 1. The Balaban J connectivity index is 2.40. The van der Waals surface area contributed by atoms with E-state index < -0.39 is 0 Å². The fourth-order valence-electron chi connectivity index (χ4n) is 1.23. The molecule has 15 heavy (non-hydrogen) atoms. The topological polar surface area (TPSA) is 35.2 Å². The Morgan fingerprint density at radius 3 is 2.60 bits per heavy atom. The highest BCUT2D eigenvalue weighted by atomic mass is 16.5. The summed E-state index contributed by atoms with van der Waals surface area (Å²) in [6.45, 7) is 2.63. The first-order valence-corrected chi connectivity index (χ1v) is 5.16. The molecule has 1 aromatic carbocycles. The van der Waals surface area contributed by atoms with Crippen LogP contribution >= 0.6 is 0 Å². The fourth-order valence-corrected chi connectivity index (χ4v) is 1.23. The van der Waals surface area contributed by atoms with E-state index in [1.54, 1.807) is 0 Å². The van der Waals surface area contributed by atoms with Crippen LogP contribution in [0.3, 0.4) is 0 Å². The van der Waals surface area contributed by atoms with Crippen molar-refractivity contribution in [1.29, 1.82) is 0 Å². The average Bonchev–Trinajstić information content (AvgIpc) is 2.25. The van der Waals surface area contributed by atoms with Crippen molar-refractivity contribution in [3.8, 4) is 18.1 Å². The Hall–Kier alpha value is -1.46. The molecule has 2 heteroatoms. The summed E-state index contributed by atoms with van der Waals surface area (Å²) in [5.41, 5.74) is 6.86. The van der Waals surface area contributed by atoms with Crippen LogP contribution < -0.4 is 10.5 Å². The number of nitrogens with two attached hydrogens (primary N) is 1. The molecule has 1 atom stereocenters. The predicted molar refractivity (Wildman–Crippen MR) is 62.6 cm³/mol. The Kier molecular flexibility index (Phi) is 4.73. The van der Waals surface area contributed by atoms with E-state index in [1.807, 2.05) is 31.2 Å². The molecular formula is C13H17NO. The van der Waals surface area contributed by atoms with Gasteiger partial charge in [-0.2, -0.15) is 0 Å². The molecule has 0 aliphatic rings. The molecule has 2 nitrogen and oxygen atoms in total. The van der Waals surface area contributed by atoms with Gasteiger partial charge in [0.1, 0.15) is 5.75 Å². The lowest BCUT2D eigenvalue weighted by Gasteiger charge is -2.08. The minimum absolute atomic E-state index is 0.0699. The van der Waals surface area contributed by atoms with Gasteiger partial charge in [0.2, 0.25) is 0 Å². The van der Waals surface area contributed by atoms with Crippen molar-refractivity contribution in [2.75, 3.05) is 6.61 Å². The van der Waals surface area contributed by atoms with Crippen LogP contribution in [-0.4, -0.2) is 6.61 Å². The molecule has 0 unspecified atom stereocenters. The first kappa shape index (κ1) is 11.6. The van der Waals surface area contributed by atoms with Crippen LogP contribution in [0.1, 0.15) is 31.4 Å². The summed E-state index contributed by atoms with van der Waals surface area (Å²) in [7, 11) is 0. The first-order valence-electron chi connectivity index (χ1n) is 5.16. The van der Waals surface area contributed by atoms with Crippen LogP contribution in [0.25, 0.3) is 0 Å². The Morgan fingerprint density at radius 1 is 1.40 bits per heavy atom. The van der Waals surface area contributed by atoms with E-state index in [4.69, 9.17) is 16.9 Å². The van der Waals surface area contributed by atoms with E-state index in [1.165, 1.54) is 0 Å². The zero-order valence-corrected chi connectivity index (χ0v) is 9.07. The number of rotatable bonds is 5. The van der Waals surface area contributed by atoms with Crippen molar-refractivity contribution in [3.05, 3.63) is 29.8 Å². The molecule has 0 aliphatic carbocycles. The van der Waals surface area contributed by atoms with Crippen molar-refractivity contribution in [2.24, 2.45) is 5.73 Å². The third-order valence-corrected chi connectivity index (χ3v) is 2.14. The van der Waals surface area contributed by atoms with Gasteiger partial charge in [-0.15, -0.1) is 12.3 Å². The van der Waals surface area contributed by atoms with Gasteiger partial charge in [-0.1, -0.05) is 12.1 Å². The van der Waals surface area contributed by atoms with Gasteiger partial charge in [0.15, 0.2) is 0 Å². The van der Waals surface area contributed by atoms with E-state index in [0.29, 0.717) is 6.61 Å². The number of ether oxygens (including phenoxy) is 1.